The Morgan fingerprint density at radius 1 is 0.750 bits per heavy atom. The van der Waals surface area contributed by atoms with Crippen molar-refractivity contribution in [3.63, 3.8) is 0 Å². The maximum Gasteiger partial charge on any atom is 0.288 e. The molecule has 1 heterocycles. The van der Waals surface area contributed by atoms with Crippen molar-refractivity contribution in [3.8, 4) is 34.3 Å². The van der Waals surface area contributed by atoms with Crippen LogP contribution >= 0.6 is 0 Å². The summed E-state index contributed by atoms with van der Waals surface area (Å²) in [7, 11) is 12.7. The van der Waals surface area contributed by atoms with E-state index in [2.05, 4.69) is 15.5 Å². The molecule has 0 aliphatic carbocycles. The highest BCUT2D eigenvalue weighted by atomic mass is 16.5. The number of rotatable bonds is 6. The lowest BCUT2D eigenvalue weighted by molar-refractivity contribution is -0.646. The molecule has 0 saturated heterocycles. The largest absolute Gasteiger partial charge is 0.493 e. The van der Waals surface area contributed by atoms with Gasteiger partial charge in [0.25, 0.3) is 5.82 Å². The second kappa shape index (κ2) is 7.84. The van der Waals surface area contributed by atoms with Gasteiger partial charge in [0.2, 0.25) is 0 Å². The van der Waals surface area contributed by atoms with Gasteiger partial charge in [-0.1, -0.05) is 0 Å². The molecule has 0 aliphatic heterocycles. The van der Waals surface area contributed by atoms with Crippen molar-refractivity contribution < 1.29 is 23.5 Å². The van der Waals surface area contributed by atoms with Crippen LogP contribution in [0, 0.1) is 0 Å². The van der Waals surface area contributed by atoms with Gasteiger partial charge in [-0.15, -0.1) is 0 Å². The van der Waals surface area contributed by atoms with Gasteiger partial charge in [0.05, 0.1) is 49.6 Å². The number of aromatic nitrogens is 1. The zero-order valence-electron chi connectivity index (χ0n) is 17.5. The third-order valence-electron chi connectivity index (χ3n) is 4.88. The lowest BCUT2D eigenvalue weighted by Crippen LogP contribution is -2.38. The van der Waals surface area contributed by atoms with Gasteiger partial charge in [-0.25, -0.2) is 4.57 Å². The summed E-state index contributed by atoms with van der Waals surface area (Å²) in [6, 6.07) is 12.1. The van der Waals surface area contributed by atoms with Gasteiger partial charge in [-0.2, -0.15) is 0 Å². The molecular weight excluding hydrogens is 356 g/mol. The average molecular weight is 383 g/mol. The molecule has 0 N–H and O–H groups in total. The first-order chi connectivity index (χ1) is 13.5. The average Bonchev–Trinajstić information content (AvgIpc) is 2.71. The van der Waals surface area contributed by atoms with Crippen LogP contribution in [0.3, 0.4) is 0 Å². The molecule has 0 saturated carbocycles. The van der Waals surface area contributed by atoms with Gasteiger partial charge >= 0.3 is 0 Å². The lowest BCUT2D eigenvalue weighted by atomic mass is 10.0. The summed E-state index contributed by atoms with van der Waals surface area (Å²) in [5.41, 5.74) is 2.07. The Hall–Kier alpha value is -3.15. The first-order valence-electron chi connectivity index (χ1n) is 8.94. The van der Waals surface area contributed by atoms with Crippen molar-refractivity contribution in [2.45, 2.75) is 0 Å². The number of nitrogens with zero attached hydrogens (tertiary/aromatic N) is 2. The maximum absolute atomic E-state index is 5.71. The Morgan fingerprint density at radius 2 is 1.39 bits per heavy atom. The minimum atomic E-state index is 0.693. The molecule has 3 rings (SSSR count). The van der Waals surface area contributed by atoms with Crippen LogP contribution in [0.1, 0.15) is 0 Å². The molecule has 0 bridgehead atoms. The third-order valence-corrected chi connectivity index (χ3v) is 4.88. The molecule has 0 atom stereocenters. The van der Waals surface area contributed by atoms with E-state index in [0.717, 1.165) is 33.6 Å². The van der Waals surface area contributed by atoms with Gasteiger partial charge in [-0.05, 0) is 41.8 Å². The Balaban J connectivity index is 2.36. The van der Waals surface area contributed by atoms with Crippen LogP contribution in [-0.4, -0.2) is 42.5 Å². The summed E-state index contributed by atoms with van der Waals surface area (Å²) in [4.78, 5) is 2.08. The van der Waals surface area contributed by atoms with Crippen LogP contribution < -0.4 is 28.4 Å². The first-order valence-corrected chi connectivity index (χ1v) is 8.94. The van der Waals surface area contributed by atoms with Crippen LogP contribution in [0.4, 0.5) is 5.82 Å². The molecule has 0 unspecified atom stereocenters. The van der Waals surface area contributed by atoms with Crippen LogP contribution in [0.5, 0.6) is 23.0 Å². The van der Waals surface area contributed by atoms with E-state index in [1.807, 2.05) is 51.5 Å². The second-order valence-corrected chi connectivity index (χ2v) is 6.64. The Morgan fingerprint density at radius 3 is 1.96 bits per heavy atom. The fraction of sp³-hybridized carbons (Fsp3) is 0.318. The van der Waals surface area contributed by atoms with E-state index in [0.29, 0.717) is 17.2 Å². The Kier molecular flexibility index (Phi) is 5.49. The minimum absolute atomic E-state index is 0.693. The van der Waals surface area contributed by atoms with Gasteiger partial charge in [0, 0.05) is 5.56 Å². The van der Waals surface area contributed by atoms with Crippen molar-refractivity contribution in [1.82, 2.24) is 0 Å². The van der Waals surface area contributed by atoms with E-state index in [4.69, 9.17) is 18.9 Å². The highest BCUT2D eigenvalue weighted by molar-refractivity contribution is 5.99. The van der Waals surface area contributed by atoms with E-state index in [1.54, 1.807) is 28.4 Å². The third kappa shape index (κ3) is 3.15. The maximum atomic E-state index is 5.71. The quantitative estimate of drug-likeness (QED) is 0.610. The summed E-state index contributed by atoms with van der Waals surface area (Å²) in [6.45, 7) is 0. The fourth-order valence-corrected chi connectivity index (χ4v) is 3.62. The molecule has 3 aromatic rings. The van der Waals surface area contributed by atoms with Gasteiger partial charge in [0.15, 0.2) is 23.0 Å². The van der Waals surface area contributed by atoms with Crippen molar-refractivity contribution in [1.29, 1.82) is 0 Å². The molecule has 0 amide bonds. The second-order valence-electron chi connectivity index (χ2n) is 6.64. The Bertz CT molecular complexity index is 1020. The monoisotopic (exact) mass is 383 g/mol. The summed E-state index contributed by atoms with van der Waals surface area (Å²) in [5, 5.41) is 2.06. The van der Waals surface area contributed by atoms with Gasteiger partial charge in [-0.3, -0.25) is 4.90 Å². The zero-order chi connectivity index (χ0) is 20.4. The molecule has 0 radical (unpaired) electrons. The molecule has 0 spiro atoms. The number of fused-ring (bicyclic) bond motifs is 1. The summed E-state index contributed by atoms with van der Waals surface area (Å²) in [6.07, 6.45) is 0. The number of benzene rings is 2. The van der Waals surface area contributed by atoms with E-state index in [-0.39, 0.29) is 0 Å². The normalized spacial score (nSPS) is 10.7. The standard InChI is InChI=1S/C22H27N2O4/c1-23(2)22-20-15(9-11-18(26-5)21(20)28-7)12-16(24(22)3)14-8-10-17(25-4)19(13-14)27-6/h8-13H,1-7H3/q+1. The van der Waals surface area contributed by atoms with Gasteiger partial charge in [0.1, 0.15) is 11.1 Å². The minimum Gasteiger partial charge on any atom is -0.493 e. The molecule has 0 aliphatic rings. The predicted molar refractivity (Wildman–Crippen MR) is 111 cm³/mol. The van der Waals surface area contributed by atoms with E-state index in [9.17, 15) is 0 Å². The molecule has 148 valence electrons. The molecule has 28 heavy (non-hydrogen) atoms. The number of anilines is 1. The predicted octanol–water partition coefficient (Wildman–Crippen LogP) is 3.43. The van der Waals surface area contributed by atoms with Crippen LogP contribution in [-0.2, 0) is 7.05 Å². The van der Waals surface area contributed by atoms with Crippen molar-refractivity contribution in [2.24, 2.45) is 7.05 Å². The Labute approximate surface area is 165 Å². The van der Waals surface area contributed by atoms with Crippen molar-refractivity contribution >= 4 is 16.6 Å². The number of pyridine rings is 1. The smallest absolute Gasteiger partial charge is 0.288 e. The molecule has 1 aromatic heterocycles. The lowest BCUT2D eigenvalue weighted by Gasteiger charge is -2.19. The summed E-state index contributed by atoms with van der Waals surface area (Å²) < 4.78 is 24.2. The van der Waals surface area contributed by atoms with Crippen LogP contribution in [0.25, 0.3) is 22.0 Å². The fourth-order valence-electron chi connectivity index (χ4n) is 3.62. The molecular formula is C22H27N2O4+. The van der Waals surface area contributed by atoms with E-state index < -0.39 is 0 Å². The SMILES string of the molecule is COc1ccc(-c2cc3ccc(OC)c(OC)c3c(N(C)C)[n+]2C)cc1OC. The summed E-state index contributed by atoms with van der Waals surface area (Å²) in [5.74, 6) is 3.83. The number of hydrogen-bond donors (Lipinski definition) is 0. The number of ether oxygens (including phenoxy) is 4. The molecule has 6 nitrogen and oxygen atoms in total. The van der Waals surface area contributed by atoms with Crippen LogP contribution in [0.15, 0.2) is 36.4 Å². The highest BCUT2D eigenvalue weighted by Gasteiger charge is 2.25. The van der Waals surface area contributed by atoms with Crippen molar-refractivity contribution in [3.05, 3.63) is 36.4 Å². The van der Waals surface area contributed by atoms with Crippen LogP contribution in [0.2, 0.25) is 0 Å². The van der Waals surface area contributed by atoms with Crippen molar-refractivity contribution in [2.75, 3.05) is 47.4 Å². The number of hydrogen-bond acceptors (Lipinski definition) is 5. The van der Waals surface area contributed by atoms with E-state index in [1.165, 1.54) is 0 Å². The first kappa shape index (κ1) is 19.6. The highest BCUT2D eigenvalue weighted by Crippen LogP contribution is 2.41. The van der Waals surface area contributed by atoms with E-state index >= 15 is 0 Å². The molecule has 0 fully saturated rings. The molecule has 2 aromatic carbocycles. The summed E-state index contributed by atoms with van der Waals surface area (Å²) >= 11 is 0. The topological polar surface area (TPSA) is 44.0 Å². The zero-order valence-corrected chi connectivity index (χ0v) is 17.5. The van der Waals surface area contributed by atoms with Gasteiger partial charge < -0.3 is 18.9 Å². The number of methoxy groups -OCH3 is 4. The molecule has 6 heteroatoms.